The van der Waals surface area contributed by atoms with Crippen LogP contribution in [0.4, 0.5) is 4.79 Å². The van der Waals surface area contributed by atoms with E-state index in [0.717, 1.165) is 54.8 Å². The second-order valence-corrected chi connectivity index (χ2v) is 15.3. The molecular formula is C36H62N4O5. The number of carbonyl (C=O) groups is 1. The van der Waals surface area contributed by atoms with Crippen molar-refractivity contribution in [3.05, 3.63) is 22.1 Å². The molecule has 0 aromatic heterocycles. The zero-order valence-electron chi connectivity index (χ0n) is 28.9. The molecule has 0 aliphatic heterocycles. The summed E-state index contributed by atoms with van der Waals surface area (Å²) in [4.78, 5) is 15.2. The first kappa shape index (κ1) is 36.0. The molecule has 1 amide bonds. The molecule has 4 aliphatic carbocycles. The van der Waals surface area contributed by atoms with Crippen molar-refractivity contribution in [1.29, 1.82) is 0 Å². The molecule has 1 N–H and O–H groups in total. The number of carbonyl (C=O) groups excluding carboxylic acids is 1. The van der Waals surface area contributed by atoms with Crippen LogP contribution in [0.15, 0.2) is 16.8 Å². The zero-order valence-corrected chi connectivity index (χ0v) is 28.9. The van der Waals surface area contributed by atoms with E-state index in [4.69, 9.17) is 24.5 Å². The lowest BCUT2D eigenvalue weighted by molar-refractivity contribution is -0.0581. The van der Waals surface area contributed by atoms with Crippen LogP contribution in [0, 0.1) is 46.3 Å². The van der Waals surface area contributed by atoms with Crippen molar-refractivity contribution in [1.82, 2.24) is 5.32 Å². The van der Waals surface area contributed by atoms with Crippen LogP contribution < -0.4 is 5.32 Å². The van der Waals surface area contributed by atoms with Gasteiger partial charge in [0.25, 0.3) is 0 Å². The number of hydrogen-bond acceptors (Lipinski definition) is 6. The van der Waals surface area contributed by atoms with Crippen molar-refractivity contribution in [2.45, 2.75) is 111 Å². The van der Waals surface area contributed by atoms with E-state index in [0.29, 0.717) is 58.1 Å². The molecule has 9 heteroatoms. The van der Waals surface area contributed by atoms with Crippen molar-refractivity contribution in [3.63, 3.8) is 0 Å². The van der Waals surface area contributed by atoms with E-state index >= 15 is 0 Å². The molecule has 8 unspecified atom stereocenters. The zero-order chi connectivity index (χ0) is 32.3. The number of hydrogen-bond donors (Lipinski definition) is 1. The van der Waals surface area contributed by atoms with E-state index in [1.54, 1.807) is 5.57 Å². The third-order valence-electron chi connectivity index (χ3n) is 12.2. The molecule has 8 atom stereocenters. The maximum Gasteiger partial charge on any atom is 0.407 e. The Bertz CT molecular complexity index is 1020. The summed E-state index contributed by atoms with van der Waals surface area (Å²) in [5, 5.41) is 6.26. The van der Waals surface area contributed by atoms with Crippen molar-refractivity contribution >= 4 is 6.09 Å². The highest BCUT2D eigenvalue weighted by molar-refractivity contribution is 5.67. The van der Waals surface area contributed by atoms with Gasteiger partial charge in [0.05, 0.1) is 39.6 Å². The largest absolute Gasteiger partial charge is 0.446 e. The Balaban J connectivity index is 1.15. The monoisotopic (exact) mass is 630 g/mol. The topological polar surface area (TPSA) is 115 Å². The molecule has 4 rings (SSSR count). The highest BCUT2D eigenvalue weighted by atomic mass is 16.6. The van der Waals surface area contributed by atoms with Gasteiger partial charge in [-0.3, -0.25) is 0 Å². The Morgan fingerprint density at radius 1 is 0.978 bits per heavy atom. The molecule has 256 valence electrons. The quantitative estimate of drug-likeness (QED) is 0.0536. The van der Waals surface area contributed by atoms with Crippen LogP contribution in [-0.4, -0.2) is 64.9 Å². The first-order valence-electron chi connectivity index (χ1n) is 18.1. The molecule has 0 aromatic rings. The highest BCUT2D eigenvalue weighted by Crippen LogP contribution is 2.67. The number of nitrogens with zero attached hydrogens (tertiary/aromatic N) is 3. The molecular weight excluding hydrogens is 568 g/mol. The van der Waals surface area contributed by atoms with Gasteiger partial charge in [-0.25, -0.2) is 4.79 Å². The Hall–Kier alpha value is -1.80. The van der Waals surface area contributed by atoms with E-state index in [-0.39, 0.29) is 17.6 Å². The molecule has 0 bridgehead atoms. The van der Waals surface area contributed by atoms with Gasteiger partial charge in [-0.15, -0.1) is 0 Å². The summed E-state index contributed by atoms with van der Waals surface area (Å²) in [7, 11) is 0. The molecule has 4 aliphatic rings. The van der Waals surface area contributed by atoms with E-state index in [1.165, 1.54) is 51.4 Å². The molecule has 0 aromatic carbocycles. The minimum Gasteiger partial charge on any atom is -0.446 e. The molecule has 0 heterocycles. The second-order valence-electron chi connectivity index (χ2n) is 15.3. The van der Waals surface area contributed by atoms with Crippen LogP contribution in [0.5, 0.6) is 0 Å². The minimum absolute atomic E-state index is 0.0412. The van der Waals surface area contributed by atoms with Gasteiger partial charge < -0.3 is 24.3 Å². The van der Waals surface area contributed by atoms with Crippen LogP contribution in [0.3, 0.4) is 0 Å². The number of rotatable bonds is 18. The van der Waals surface area contributed by atoms with E-state index < -0.39 is 0 Å². The van der Waals surface area contributed by atoms with Crippen molar-refractivity contribution in [2.75, 3.05) is 52.7 Å². The van der Waals surface area contributed by atoms with Crippen LogP contribution in [0.2, 0.25) is 0 Å². The first-order valence-corrected chi connectivity index (χ1v) is 18.1. The lowest BCUT2D eigenvalue weighted by Gasteiger charge is -2.58. The van der Waals surface area contributed by atoms with Gasteiger partial charge in [-0.05, 0) is 96.8 Å². The number of alkyl carbamates (subject to hydrolysis) is 1. The maximum atomic E-state index is 12.6. The van der Waals surface area contributed by atoms with E-state index in [1.807, 2.05) is 0 Å². The standard InChI is InChI=1S/C36H62N4O5/c1-26(2)7-6-8-27(3)31-11-12-32-30-10-9-28-25-29(13-15-35(28,4)33(30)14-16-36(31,32)5)45-34(41)38-17-19-42-21-23-44-24-22-43-20-18-39-40-37/h9,26-27,29-33H,6-8,10-25H2,1-5H3,(H,38,41). The van der Waals surface area contributed by atoms with Gasteiger partial charge in [0.1, 0.15) is 6.10 Å². The van der Waals surface area contributed by atoms with Gasteiger partial charge in [0.2, 0.25) is 0 Å². The third-order valence-corrected chi connectivity index (χ3v) is 12.2. The SMILES string of the molecule is CC(C)CCCC(C)C1CCC2C3CC=C4CC(OC(=O)NCCOCCOCCOCCN=[N+]=[N-])CCC4(C)C3CCC12C. The van der Waals surface area contributed by atoms with Gasteiger partial charge >= 0.3 is 6.09 Å². The summed E-state index contributed by atoms with van der Waals surface area (Å²) in [5.41, 5.74) is 10.5. The molecule has 0 saturated heterocycles. The average Bonchev–Trinajstić information content (AvgIpc) is 3.37. The summed E-state index contributed by atoms with van der Waals surface area (Å²) < 4.78 is 22.2. The number of nitrogens with one attached hydrogen (secondary N) is 1. The van der Waals surface area contributed by atoms with E-state index in [2.05, 4.69) is 56.0 Å². The lowest BCUT2D eigenvalue weighted by atomic mass is 9.47. The molecule has 0 radical (unpaired) electrons. The molecule has 0 spiro atoms. The maximum absolute atomic E-state index is 12.6. The van der Waals surface area contributed by atoms with Crippen LogP contribution in [-0.2, 0) is 18.9 Å². The smallest absolute Gasteiger partial charge is 0.407 e. The summed E-state index contributed by atoms with van der Waals surface area (Å²) in [6.07, 6.45) is 16.1. The Morgan fingerprint density at radius 3 is 2.44 bits per heavy atom. The van der Waals surface area contributed by atoms with E-state index in [9.17, 15) is 4.79 Å². The number of amides is 1. The van der Waals surface area contributed by atoms with Crippen LogP contribution in [0.25, 0.3) is 10.4 Å². The predicted molar refractivity (Wildman–Crippen MR) is 178 cm³/mol. The van der Waals surface area contributed by atoms with Crippen molar-refractivity contribution in [3.8, 4) is 0 Å². The molecule has 9 nitrogen and oxygen atoms in total. The summed E-state index contributed by atoms with van der Waals surface area (Å²) in [6, 6.07) is 0. The van der Waals surface area contributed by atoms with Gasteiger partial charge in [-0.1, -0.05) is 70.6 Å². The predicted octanol–water partition coefficient (Wildman–Crippen LogP) is 8.48. The molecule has 3 fully saturated rings. The lowest BCUT2D eigenvalue weighted by Crippen LogP contribution is -2.51. The summed E-state index contributed by atoms with van der Waals surface area (Å²) in [5.74, 6) is 5.02. The fraction of sp³-hybridized carbons (Fsp3) is 0.917. The van der Waals surface area contributed by atoms with Crippen molar-refractivity contribution in [2.24, 2.45) is 51.5 Å². The number of fused-ring (bicyclic) bond motifs is 5. The van der Waals surface area contributed by atoms with Crippen LogP contribution in [0.1, 0.15) is 105 Å². The minimum atomic E-state index is -0.344. The fourth-order valence-corrected chi connectivity index (χ4v) is 9.86. The van der Waals surface area contributed by atoms with Gasteiger partial charge in [0.15, 0.2) is 0 Å². The molecule has 45 heavy (non-hydrogen) atoms. The fourth-order valence-electron chi connectivity index (χ4n) is 9.86. The third kappa shape index (κ3) is 9.39. The van der Waals surface area contributed by atoms with Gasteiger partial charge in [0, 0.05) is 24.4 Å². The number of allylic oxidation sites excluding steroid dienone is 1. The summed E-state index contributed by atoms with van der Waals surface area (Å²) in [6.45, 7) is 15.8. The normalized spacial score (nSPS) is 32.9. The number of ether oxygens (including phenoxy) is 4. The van der Waals surface area contributed by atoms with Gasteiger partial charge in [-0.2, -0.15) is 0 Å². The average molecular weight is 631 g/mol. The summed E-state index contributed by atoms with van der Waals surface area (Å²) >= 11 is 0. The molecule has 3 saturated carbocycles. The highest BCUT2D eigenvalue weighted by Gasteiger charge is 2.59. The number of azide groups is 1. The first-order chi connectivity index (χ1) is 21.7. The van der Waals surface area contributed by atoms with Crippen LogP contribution >= 0.6 is 0 Å². The van der Waals surface area contributed by atoms with Crippen molar-refractivity contribution < 1.29 is 23.7 Å². The Morgan fingerprint density at radius 2 is 1.71 bits per heavy atom. The second kappa shape index (κ2) is 17.4. The Kier molecular flexibility index (Phi) is 13.9. The Labute approximate surface area is 272 Å².